The van der Waals surface area contributed by atoms with Crippen LogP contribution in [0.25, 0.3) is 0 Å². The second-order valence-corrected chi connectivity index (χ2v) is 5.37. The molecule has 0 radical (unpaired) electrons. The van der Waals surface area contributed by atoms with Crippen LogP contribution in [0, 0.1) is 0 Å². The van der Waals surface area contributed by atoms with Gasteiger partial charge in [0.25, 0.3) is 0 Å². The Morgan fingerprint density at radius 2 is 0.600 bits per heavy atom. The SMILES string of the molecule is O=S(=O)([O-])O.O=S(=O)([O-])OOS(=O)(=O)[O-].O=S(=O)([O-])[O-].[K+].[K+].[K+].[K+].[K+]. The van der Waals surface area contributed by atoms with Gasteiger partial charge in [0.2, 0.25) is 31.2 Å². The van der Waals surface area contributed by atoms with Gasteiger partial charge in [-0.1, -0.05) is 0 Å². The topological polar surface area (TPSA) is 291 Å². The first-order valence-electron chi connectivity index (χ1n) is 2.85. The molecule has 0 aromatic heterocycles. The Bertz CT molecular complexity index is 589. The number of hydrogen-bond acceptors (Lipinski definition) is 15. The minimum atomic E-state index is -5.31. The Labute approximate surface area is 356 Å². The molecule has 0 saturated carbocycles. The first-order valence-corrected chi connectivity index (χ1v) is 8.21. The maximum atomic E-state index is 9.37. The van der Waals surface area contributed by atoms with Crippen molar-refractivity contribution in [2.75, 3.05) is 0 Å². The zero-order valence-electron chi connectivity index (χ0n) is 13.2. The smallest absolute Gasteiger partial charge is 0.759 e. The third-order valence-electron chi connectivity index (χ3n) is 0.194. The minimum Gasteiger partial charge on any atom is -0.759 e. The minimum absolute atomic E-state index is 0. The first-order chi connectivity index (χ1) is 8.21. The summed E-state index contributed by atoms with van der Waals surface area (Å²) >= 11 is 0. The van der Waals surface area contributed by atoms with Crippen LogP contribution in [0.15, 0.2) is 0 Å². The van der Waals surface area contributed by atoms with Crippen molar-refractivity contribution in [2.45, 2.75) is 0 Å². The van der Waals surface area contributed by atoms with Gasteiger partial charge in [0.1, 0.15) is 0 Å². The van der Waals surface area contributed by atoms with Crippen LogP contribution < -0.4 is 257 Å². The second kappa shape index (κ2) is 26.3. The van der Waals surface area contributed by atoms with Gasteiger partial charge >= 0.3 is 257 Å². The summed E-state index contributed by atoms with van der Waals surface area (Å²) < 4.78 is 128. The molecule has 0 rings (SSSR count). The molecule has 0 saturated heterocycles. The van der Waals surface area contributed by atoms with E-state index in [1.165, 1.54) is 0 Å². The zero-order chi connectivity index (χ0) is 17.4. The summed E-state index contributed by atoms with van der Waals surface area (Å²) in [6, 6.07) is 0. The molecule has 0 aromatic carbocycles. The fourth-order valence-corrected chi connectivity index (χ4v) is 0.612. The number of hydrogen-bond donors (Lipinski definition) is 1. The van der Waals surface area contributed by atoms with Crippen molar-refractivity contribution in [1.29, 1.82) is 0 Å². The molecule has 0 aliphatic carbocycles. The van der Waals surface area contributed by atoms with E-state index >= 15 is 0 Å². The average molecular weight is 581 g/mol. The maximum absolute atomic E-state index is 9.37. The Morgan fingerprint density at radius 1 is 0.520 bits per heavy atom. The molecule has 0 unspecified atom stereocenters. The Morgan fingerprint density at radius 3 is 0.640 bits per heavy atom. The van der Waals surface area contributed by atoms with Gasteiger partial charge in [-0.15, -0.1) is 8.67 Å². The van der Waals surface area contributed by atoms with Gasteiger partial charge in [-0.3, -0.25) is 13.0 Å². The molecule has 16 nitrogen and oxygen atoms in total. The van der Waals surface area contributed by atoms with Crippen molar-refractivity contribution in [3.63, 3.8) is 0 Å². The van der Waals surface area contributed by atoms with Crippen LogP contribution in [0.1, 0.15) is 0 Å². The van der Waals surface area contributed by atoms with Crippen LogP contribution in [0.3, 0.4) is 0 Å². The van der Waals surface area contributed by atoms with E-state index in [0.717, 1.165) is 0 Å². The Hall–Kier alpha value is 7.66. The zero-order valence-corrected chi connectivity index (χ0v) is 32.1. The molecule has 25 heavy (non-hydrogen) atoms. The molecule has 1 N–H and O–H groups in total. The summed E-state index contributed by atoms with van der Waals surface area (Å²) in [5.41, 5.74) is 0. The van der Waals surface area contributed by atoms with Crippen LogP contribution >= 0.6 is 0 Å². The van der Waals surface area contributed by atoms with Crippen LogP contribution in [0.2, 0.25) is 0 Å². The molecule has 0 spiro atoms. The molecule has 0 atom stereocenters. The van der Waals surface area contributed by atoms with Crippen molar-refractivity contribution in [3.05, 3.63) is 0 Å². The van der Waals surface area contributed by atoms with Gasteiger partial charge < -0.3 is 22.8 Å². The van der Waals surface area contributed by atoms with Gasteiger partial charge in [-0.05, 0) is 0 Å². The second-order valence-electron chi connectivity index (χ2n) is 1.79. The van der Waals surface area contributed by atoms with E-state index in [0.29, 0.717) is 0 Å². The van der Waals surface area contributed by atoms with E-state index < -0.39 is 41.6 Å². The van der Waals surface area contributed by atoms with Crippen LogP contribution in [-0.4, -0.2) is 61.0 Å². The van der Waals surface area contributed by atoms with Gasteiger partial charge in [-0.25, -0.2) is 25.3 Å². The quantitative estimate of drug-likeness (QED) is 0.106. The molecule has 25 heteroatoms. The monoisotopic (exact) mass is 580 g/mol. The molecule has 0 aliphatic rings. The normalized spacial score (nSPS) is 10.0. The average Bonchev–Trinajstić information content (AvgIpc) is 1.90. The van der Waals surface area contributed by atoms with E-state index in [-0.39, 0.29) is 257 Å². The maximum Gasteiger partial charge on any atom is 1.00 e. The fraction of sp³-hybridized carbons (Fsp3) is 0. The summed E-state index contributed by atoms with van der Waals surface area (Å²) in [5, 5.41) is 0. The molecule has 0 amide bonds. The molecule has 0 fully saturated rings. The van der Waals surface area contributed by atoms with Crippen molar-refractivity contribution in [2.24, 2.45) is 0 Å². The third kappa shape index (κ3) is 130. The molecular formula is HK5O16S4. The molecule has 0 bridgehead atoms. The predicted octanol–water partition coefficient (Wildman–Crippen LogP) is -19.5. The molecule has 0 heterocycles. The molecule has 126 valence electrons. The summed E-state index contributed by atoms with van der Waals surface area (Å²) in [7, 11) is -20.7. The van der Waals surface area contributed by atoms with Crippen molar-refractivity contribution in [3.8, 4) is 0 Å². The number of rotatable bonds is 3. The third-order valence-corrected chi connectivity index (χ3v) is 0.750. The fourth-order valence-electron chi connectivity index (χ4n) is 0.0680. The van der Waals surface area contributed by atoms with Gasteiger partial charge in [0.05, 0.1) is 0 Å². The standard InChI is InChI=1S/5K.H2O8S2.2H2O4S/c;;;;;1-9(2,3)7-8-10(4,5)6;2*1-5(2,3)4/h;;;;;(H,1,2,3)(H,4,5,6);2*(H2,1,2,3,4)/q5*+1;;;/p-5. The van der Waals surface area contributed by atoms with Gasteiger partial charge in [0, 0.05) is 10.4 Å². The van der Waals surface area contributed by atoms with Crippen LogP contribution in [0.5, 0.6) is 0 Å². The molecular weight excluding hydrogens is 580 g/mol. The van der Waals surface area contributed by atoms with Crippen molar-refractivity contribution >= 4 is 41.6 Å². The van der Waals surface area contributed by atoms with Crippen LogP contribution in [-0.2, 0) is 50.3 Å². The summed E-state index contributed by atoms with van der Waals surface area (Å²) in [5.74, 6) is 0. The first kappa shape index (κ1) is 53.8. The predicted molar refractivity (Wildman–Crippen MR) is 44.4 cm³/mol. The summed E-state index contributed by atoms with van der Waals surface area (Å²) in [4.78, 5) is 0. The Kier molecular flexibility index (Phi) is 56.6. The van der Waals surface area contributed by atoms with Gasteiger partial charge in [-0.2, -0.15) is 0 Å². The van der Waals surface area contributed by atoms with Crippen molar-refractivity contribution in [1.82, 2.24) is 0 Å². The van der Waals surface area contributed by atoms with Crippen molar-refractivity contribution < 1.29 is 327 Å². The summed E-state index contributed by atoms with van der Waals surface area (Å²) in [6.45, 7) is 0. The van der Waals surface area contributed by atoms with E-state index in [1.54, 1.807) is 0 Å². The van der Waals surface area contributed by atoms with E-state index in [4.69, 9.17) is 35.0 Å². The molecule has 0 aliphatic heterocycles. The van der Waals surface area contributed by atoms with Gasteiger partial charge in [0.15, 0.2) is 0 Å². The largest absolute Gasteiger partial charge is 1.00 e. The van der Waals surface area contributed by atoms with Crippen LogP contribution in [0.4, 0.5) is 0 Å². The summed E-state index contributed by atoms with van der Waals surface area (Å²) in [6.07, 6.45) is 0. The van der Waals surface area contributed by atoms with E-state index in [1.807, 2.05) is 0 Å². The van der Waals surface area contributed by atoms with E-state index in [2.05, 4.69) is 8.67 Å². The van der Waals surface area contributed by atoms with E-state index in [9.17, 15) is 25.9 Å². The Balaban J connectivity index is -0.0000000283. The molecule has 0 aromatic rings.